The maximum absolute atomic E-state index is 13.4. The van der Waals surface area contributed by atoms with Gasteiger partial charge >= 0.3 is 0 Å². The van der Waals surface area contributed by atoms with Gasteiger partial charge in [0.15, 0.2) is 0 Å². The van der Waals surface area contributed by atoms with Crippen LogP contribution in [0.15, 0.2) is 16.8 Å². The van der Waals surface area contributed by atoms with Gasteiger partial charge in [-0.05, 0) is 84.5 Å². The summed E-state index contributed by atoms with van der Waals surface area (Å²) in [5.74, 6) is 1.09. The molecule has 0 spiro atoms. The topological polar surface area (TPSA) is 55.1 Å². The molecule has 3 N–H and O–H groups in total. The van der Waals surface area contributed by atoms with E-state index in [1.165, 1.54) is 64.2 Å². The Kier molecular flexibility index (Phi) is 12.4. The van der Waals surface area contributed by atoms with Gasteiger partial charge in [0.25, 0.3) is 0 Å². The number of hydrogen-bond acceptors (Lipinski definition) is 4. The smallest absolute Gasteiger partial charge is 0.242 e. The number of amides is 1. The predicted octanol–water partition coefficient (Wildman–Crippen LogP) is 8.90. The normalized spacial score (nSPS) is 12.2. The Bertz CT molecular complexity index is 832. The van der Waals surface area contributed by atoms with E-state index in [2.05, 4.69) is 29.1 Å². The average Bonchev–Trinajstić information content (AvgIpc) is 3.34. The van der Waals surface area contributed by atoms with E-state index in [1.807, 2.05) is 27.7 Å². The van der Waals surface area contributed by atoms with Gasteiger partial charge in [0, 0.05) is 11.4 Å². The van der Waals surface area contributed by atoms with Gasteiger partial charge in [-0.1, -0.05) is 64.7 Å². The average molecular weight is 489 g/mol. The molecule has 0 aliphatic carbocycles. The molecule has 5 heteroatoms. The van der Waals surface area contributed by atoms with E-state index in [4.69, 9.17) is 5.73 Å². The minimum Gasteiger partial charge on any atom is -0.398 e. The molecule has 0 saturated carbocycles. The third kappa shape index (κ3) is 8.36. The Hall–Kier alpha value is -1.46. The van der Waals surface area contributed by atoms with Gasteiger partial charge < -0.3 is 11.1 Å². The molecule has 1 amide bonds. The van der Waals surface area contributed by atoms with Crippen LogP contribution in [0.1, 0.15) is 104 Å². The number of benzene rings is 1. The second-order valence-corrected chi connectivity index (χ2v) is 11.3. The minimum atomic E-state index is -0.174. The number of nitrogens with two attached hydrogens (primary N) is 1. The minimum absolute atomic E-state index is 0.0697. The summed E-state index contributed by atoms with van der Waals surface area (Å²) in [6, 6.07) is 2.08. The van der Waals surface area contributed by atoms with Crippen molar-refractivity contribution in [2.45, 2.75) is 104 Å². The summed E-state index contributed by atoms with van der Waals surface area (Å²) in [4.78, 5) is 13.4. The van der Waals surface area contributed by atoms with Crippen LogP contribution in [0.5, 0.6) is 0 Å². The molecular formula is C28H44N2OS2. The van der Waals surface area contributed by atoms with Crippen molar-refractivity contribution in [1.82, 2.24) is 0 Å². The lowest BCUT2D eigenvalue weighted by Crippen LogP contribution is -2.21. The van der Waals surface area contributed by atoms with Crippen molar-refractivity contribution in [2.75, 3.05) is 16.8 Å². The highest BCUT2D eigenvalue weighted by Gasteiger charge is 2.24. The maximum atomic E-state index is 13.4. The van der Waals surface area contributed by atoms with Gasteiger partial charge in [0.05, 0.1) is 0 Å². The maximum Gasteiger partial charge on any atom is 0.242 e. The standard InChI is InChI=1S/C28H44N2OS2/c1-6-7-8-9-10-11-12-13-14-15-17-33-27(24-16-18-32-19-24)28(31)30-26-22(4)20(2)25(29)21(3)23(26)5/h16,18-19,27H,6-15,17,29H2,1-5H3,(H,30,31). The lowest BCUT2D eigenvalue weighted by atomic mass is 9.96. The quantitative estimate of drug-likeness (QED) is 0.194. The highest BCUT2D eigenvalue weighted by Crippen LogP contribution is 2.36. The van der Waals surface area contributed by atoms with Crippen LogP contribution in [0.25, 0.3) is 0 Å². The molecule has 1 aromatic carbocycles. The fourth-order valence-electron chi connectivity index (χ4n) is 4.26. The van der Waals surface area contributed by atoms with Gasteiger partial charge in [-0.2, -0.15) is 11.3 Å². The summed E-state index contributed by atoms with van der Waals surface area (Å²) in [5, 5.41) is 7.25. The number of anilines is 2. The van der Waals surface area contributed by atoms with Crippen LogP contribution in [-0.2, 0) is 4.79 Å². The first-order valence-electron chi connectivity index (χ1n) is 12.7. The molecule has 0 aliphatic rings. The van der Waals surface area contributed by atoms with E-state index >= 15 is 0 Å². The van der Waals surface area contributed by atoms with Crippen molar-refractivity contribution in [3.63, 3.8) is 0 Å². The molecule has 2 rings (SSSR count). The first kappa shape index (κ1) is 27.8. The van der Waals surface area contributed by atoms with Crippen molar-refractivity contribution in [1.29, 1.82) is 0 Å². The summed E-state index contributed by atoms with van der Waals surface area (Å²) in [6.45, 7) is 10.4. The number of carbonyl (C=O) groups is 1. The van der Waals surface area contributed by atoms with Crippen LogP contribution in [0.3, 0.4) is 0 Å². The summed E-state index contributed by atoms with van der Waals surface area (Å²) in [6.07, 6.45) is 13.3. The number of carbonyl (C=O) groups excluding carboxylic acids is 1. The molecule has 0 saturated heterocycles. The summed E-state index contributed by atoms with van der Waals surface area (Å²) >= 11 is 3.43. The second-order valence-electron chi connectivity index (χ2n) is 9.27. The molecule has 1 unspecified atom stereocenters. The molecule has 3 nitrogen and oxygen atoms in total. The first-order chi connectivity index (χ1) is 15.9. The Morgan fingerprint density at radius 1 is 0.909 bits per heavy atom. The van der Waals surface area contributed by atoms with Gasteiger partial charge in [-0.15, -0.1) is 11.8 Å². The molecule has 184 valence electrons. The molecule has 33 heavy (non-hydrogen) atoms. The van der Waals surface area contributed by atoms with Crippen LogP contribution in [0, 0.1) is 27.7 Å². The van der Waals surface area contributed by atoms with Crippen LogP contribution >= 0.6 is 23.1 Å². The van der Waals surface area contributed by atoms with Crippen LogP contribution < -0.4 is 11.1 Å². The summed E-state index contributed by atoms with van der Waals surface area (Å²) in [5.41, 5.74) is 13.3. The van der Waals surface area contributed by atoms with Crippen molar-refractivity contribution >= 4 is 40.4 Å². The fourth-order valence-corrected chi connectivity index (χ4v) is 6.18. The molecular weight excluding hydrogens is 444 g/mol. The van der Waals surface area contributed by atoms with E-state index < -0.39 is 0 Å². The van der Waals surface area contributed by atoms with Crippen molar-refractivity contribution in [3.8, 4) is 0 Å². The van der Waals surface area contributed by atoms with Crippen molar-refractivity contribution in [2.24, 2.45) is 0 Å². The molecule has 1 heterocycles. The summed E-state index contributed by atoms with van der Waals surface area (Å²) in [7, 11) is 0. The second kappa shape index (κ2) is 14.7. The lowest BCUT2D eigenvalue weighted by Gasteiger charge is -2.21. The van der Waals surface area contributed by atoms with E-state index in [1.54, 1.807) is 23.1 Å². The fraction of sp³-hybridized carbons (Fsp3) is 0.607. The molecule has 2 aromatic rings. The molecule has 0 bridgehead atoms. The Morgan fingerprint density at radius 3 is 1.97 bits per heavy atom. The number of rotatable bonds is 15. The van der Waals surface area contributed by atoms with Crippen LogP contribution in [-0.4, -0.2) is 11.7 Å². The van der Waals surface area contributed by atoms with Crippen molar-refractivity contribution in [3.05, 3.63) is 44.6 Å². The zero-order chi connectivity index (χ0) is 24.2. The van der Waals surface area contributed by atoms with E-state index in [9.17, 15) is 4.79 Å². The van der Waals surface area contributed by atoms with Crippen LogP contribution in [0.2, 0.25) is 0 Å². The summed E-state index contributed by atoms with van der Waals surface area (Å²) < 4.78 is 0. The molecule has 0 aliphatic heterocycles. The van der Waals surface area contributed by atoms with Crippen LogP contribution in [0.4, 0.5) is 11.4 Å². The van der Waals surface area contributed by atoms with Crippen molar-refractivity contribution < 1.29 is 4.79 Å². The lowest BCUT2D eigenvalue weighted by molar-refractivity contribution is -0.115. The Morgan fingerprint density at radius 2 is 1.45 bits per heavy atom. The SMILES string of the molecule is CCCCCCCCCCCCSC(C(=O)Nc1c(C)c(C)c(N)c(C)c1C)c1ccsc1. The zero-order valence-corrected chi connectivity index (χ0v) is 23.0. The predicted molar refractivity (Wildman–Crippen MR) is 150 cm³/mol. The molecule has 0 fully saturated rings. The zero-order valence-electron chi connectivity index (χ0n) is 21.4. The molecule has 0 radical (unpaired) electrons. The highest BCUT2D eigenvalue weighted by molar-refractivity contribution is 8.00. The monoisotopic (exact) mass is 488 g/mol. The first-order valence-corrected chi connectivity index (χ1v) is 14.7. The third-order valence-electron chi connectivity index (χ3n) is 6.80. The number of nitrogens with one attached hydrogen (secondary N) is 1. The number of nitrogen functional groups attached to an aromatic ring is 1. The largest absolute Gasteiger partial charge is 0.398 e. The van der Waals surface area contributed by atoms with E-state index in [0.717, 1.165) is 44.9 Å². The van der Waals surface area contributed by atoms with Gasteiger partial charge in [-0.25, -0.2) is 0 Å². The number of unbranched alkanes of at least 4 members (excludes halogenated alkanes) is 9. The number of hydrogen-bond donors (Lipinski definition) is 2. The van der Waals surface area contributed by atoms with E-state index in [-0.39, 0.29) is 11.2 Å². The number of thiophene rings is 1. The molecule has 1 aromatic heterocycles. The number of thioether (sulfide) groups is 1. The van der Waals surface area contributed by atoms with E-state index in [0.29, 0.717) is 0 Å². The highest BCUT2D eigenvalue weighted by atomic mass is 32.2. The van der Waals surface area contributed by atoms with Gasteiger partial charge in [0.1, 0.15) is 5.25 Å². The Labute approximate surface area is 210 Å². The molecule has 1 atom stereocenters. The van der Waals surface area contributed by atoms with Gasteiger partial charge in [-0.3, -0.25) is 4.79 Å². The Balaban J connectivity index is 1.87. The van der Waals surface area contributed by atoms with Gasteiger partial charge in [0.2, 0.25) is 5.91 Å². The third-order valence-corrected chi connectivity index (χ3v) is 8.84.